The van der Waals surface area contributed by atoms with Gasteiger partial charge in [-0.3, -0.25) is 14.7 Å². The molecular formula is C29H37N5O5. The molecule has 39 heavy (non-hydrogen) atoms. The first-order chi connectivity index (χ1) is 18.6. The third-order valence-electron chi connectivity index (χ3n) is 6.25. The van der Waals surface area contributed by atoms with E-state index >= 15 is 0 Å². The van der Waals surface area contributed by atoms with Crippen molar-refractivity contribution in [3.8, 4) is 28.4 Å². The minimum Gasteiger partial charge on any atom is -0.497 e. The van der Waals surface area contributed by atoms with Crippen molar-refractivity contribution in [3.63, 3.8) is 0 Å². The van der Waals surface area contributed by atoms with E-state index < -0.39 is 5.54 Å². The van der Waals surface area contributed by atoms with Crippen molar-refractivity contribution >= 4 is 17.9 Å². The Labute approximate surface area is 229 Å². The number of rotatable bonds is 9. The summed E-state index contributed by atoms with van der Waals surface area (Å²) >= 11 is 0. The van der Waals surface area contributed by atoms with E-state index in [0.717, 1.165) is 35.6 Å². The van der Waals surface area contributed by atoms with Crippen molar-refractivity contribution in [1.82, 2.24) is 19.8 Å². The zero-order chi connectivity index (χ0) is 28.0. The van der Waals surface area contributed by atoms with Gasteiger partial charge in [0.1, 0.15) is 18.0 Å². The van der Waals surface area contributed by atoms with Gasteiger partial charge in [0, 0.05) is 36.1 Å². The largest absolute Gasteiger partial charge is 0.497 e. The van der Waals surface area contributed by atoms with E-state index in [-0.39, 0.29) is 24.6 Å². The molecule has 2 N–H and O–H groups in total. The van der Waals surface area contributed by atoms with Crippen LogP contribution in [0.5, 0.6) is 11.5 Å². The monoisotopic (exact) mass is 535 g/mol. The fourth-order valence-corrected chi connectivity index (χ4v) is 4.30. The smallest absolute Gasteiger partial charge is 0.318 e. The van der Waals surface area contributed by atoms with Crippen LogP contribution in [0, 0.1) is 0 Å². The molecule has 10 nitrogen and oxygen atoms in total. The predicted octanol–water partition coefficient (Wildman–Crippen LogP) is 4.48. The van der Waals surface area contributed by atoms with Gasteiger partial charge >= 0.3 is 6.03 Å². The number of anilines is 1. The summed E-state index contributed by atoms with van der Waals surface area (Å²) in [5.74, 6) is 1.43. The van der Waals surface area contributed by atoms with Crippen LogP contribution in [0.15, 0.2) is 54.7 Å². The van der Waals surface area contributed by atoms with Gasteiger partial charge in [0.25, 0.3) is 0 Å². The maximum Gasteiger partial charge on any atom is 0.318 e. The summed E-state index contributed by atoms with van der Waals surface area (Å²) in [6.45, 7) is 6.57. The fraction of sp³-hybridized carbons (Fsp3) is 0.414. The van der Waals surface area contributed by atoms with Crippen molar-refractivity contribution in [2.45, 2.75) is 45.3 Å². The van der Waals surface area contributed by atoms with Gasteiger partial charge < -0.3 is 24.4 Å². The SMILES string of the molecule is COc1ccc(-c2cn(-c3ccc(OC)cc3)c(NC(=O)CN(C[C@@H]3CCCO3)C(=O)NC(C)(C)C)n2)cc1. The van der Waals surface area contributed by atoms with Crippen LogP contribution >= 0.6 is 0 Å². The number of hydrogen-bond donors (Lipinski definition) is 2. The second kappa shape index (κ2) is 12.2. The number of nitrogens with one attached hydrogen (secondary N) is 2. The van der Waals surface area contributed by atoms with E-state index in [1.165, 1.54) is 4.90 Å². The third kappa shape index (κ3) is 7.51. The normalized spacial score (nSPS) is 15.1. The van der Waals surface area contributed by atoms with Crippen molar-refractivity contribution < 1.29 is 23.8 Å². The molecule has 0 bridgehead atoms. The molecule has 3 aromatic rings. The molecule has 1 fully saturated rings. The quantitative estimate of drug-likeness (QED) is 0.418. The number of imidazole rings is 1. The topological polar surface area (TPSA) is 107 Å². The van der Waals surface area contributed by atoms with E-state index in [1.807, 2.05) is 75.5 Å². The Morgan fingerprint density at radius 1 is 1.05 bits per heavy atom. The van der Waals surface area contributed by atoms with Crippen LogP contribution in [0.4, 0.5) is 10.7 Å². The van der Waals surface area contributed by atoms with Crippen LogP contribution in [0.3, 0.4) is 0 Å². The number of amides is 3. The molecule has 1 atom stereocenters. The highest BCUT2D eigenvalue weighted by Crippen LogP contribution is 2.27. The number of aromatic nitrogens is 2. The highest BCUT2D eigenvalue weighted by Gasteiger charge is 2.27. The Morgan fingerprint density at radius 2 is 1.69 bits per heavy atom. The second-order valence-electron chi connectivity index (χ2n) is 10.5. The number of hydrogen-bond acceptors (Lipinski definition) is 6. The zero-order valence-corrected chi connectivity index (χ0v) is 23.2. The summed E-state index contributed by atoms with van der Waals surface area (Å²) in [6.07, 6.45) is 3.56. The van der Waals surface area contributed by atoms with Crippen molar-refractivity contribution in [2.75, 3.05) is 39.2 Å². The molecule has 208 valence electrons. The Kier molecular flexibility index (Phi) is 8.75. The highest BCUT2D eigenvalue weighted by molar-refractivity contribution is 5.93. The van der Waals surface area contributed by atoms with Gasteiger partial charge in [0.05, 0.1) is 26.0 Å². The summed E-state index contributed by atoms with van der Waals surface area (Å²) in [6, 6.07) is 14.7. The summed E-state index contributed by atoms with van der Waals surface area (Å²) < 4.78 is 18.1. The Morgan fingerprint density at radius 3 is 2.26 bits per heavy atom. The first-order valence-electron chi connectivity index (χ1n) is 13.0. The van der Waals surface area contributed by atoms with E-state index in [4.69, 9.17) is 19.2 Å². The molecule has 3 amide bonds. The van der Waals surface area contributed by atoms with Gasteiger partial charge in [0.2, 0.25) is 11.9 Å². The molecule has 0 radical (unpaired) electrons. The first kappa shape index (κ1) is 28.0. The van der Waals surface area contributed by atoms with Crippen LogP contribution in [0.1, 0.15) is 33.6 Å². The van der Waals surface area contributed by atoms with Gasteiger partial charge in [-0.05, 0) is 82.1 Å². The number of carbonyl (C=O) groups excluding carboxylic acids is 2. The van der Waals surface area contributed by atoms with Gasteiger partial charge in [-0.1, -0.05) is 0 Å². The Bertz CT molecular complexity index is 1260. The lowest BCUT2D eigenvalue weighted by Gasteiger charge is -2.29. The van der Waals surface area contributed by atoms with Crippen molar-refractivity contribution in [3.05, 3.63) is 54.7 Å². The van der Waals surface area contributed by atoms with Crippen molar-refractivity contribution in [1.29, 1.82) is 0 Å². The molecule has 2 aromatic carbocycles. The van der Waals surface area contributed by atoms with Crippen LogP contribution in [0.2, 0.25) is 0 Å². The molecular weight excluding hydrogens is 498 g/mol. The average molecular weight is 536 g/mol. The summed E-state index contributed by atoms with van der Waals surface area (Å²) in [4.78, 5) is 32.6. The fourth-order valence-electron chi connectivity index (χ4n) is 4.30. The van der Waals surface area contributed by atoms with Gasteiger partial charge in [-0.2, -0.15) is 0 Å². The maximum atomic E-state index is 13.3. The lowest BCUT2D eigenvalue weighted by atomic mass is 10.1. The van der Waals surface area contributed by atoms with Crippen LogP contribution < -0.4 is 20.1 Å². The first-order valence-corrected chi connectivity index (χ1v) is 13.0. The summed E-state index contributed by atoms with van der Waals surface area (Å²) in [5.41, 5.74) is 1.88. The number of carbonyl (C=O) groups is 2. The highest BCUT2D eigenvalue weighted by atomic mass is 16.5. The zero-order valence-electron chi connectivity index (χ0n) is 23.2. The predicted molar refractivity (Wildman–Crippen MR) is 150 cm³/mol. The van der Waals surface area contributed by atoms with Crippen molar-refractivity contribution in [2.24, 2.45) is 0 Å². The number of methoxy groups -OCH3 is 2. The van der Waals surface area contributed by atoms with E-state index in [9.17, 15) is 9.59 Å². The number of benzene rings is 2. The Hall–Kier alpha value is -4.05. The molecule has 1 aliphatic heterocycles. The molecule has 0 spiro atoms. The minimum absolute atomic E-state index is 0.0912. The molecule has 2 heterocycles. The lowest BCUT2D eigenvalue weighted by molar-refractivity contribution is -0.117. The van der Waals surface area contributed by atoms with E-state index in [2.05, 4.69) is 10.6 Å². The van der Waals surface area contributed by atoms with Crippen LogP contribution in [0.25, 0.3) is 16.9 Å². The average Bonchev–Trinajstić information content (AvgIpc) is 3.57. The minimum atomic E-state index is -0.444. The molecule has 0 aliphatic carbocycles. The molecule has 1 aromatic heterocycles. The summed E-state index contributed by atoms with van der Waals surface area (Å²) in [7, 11) is 3.22. The molecule has 0 saturated carbocycles. The number of nitrogens with zero attached hydrogens (tertiary/aromatic N) is 3. The van der Waals surface area contributed by atoms with Gasteiger partial charge in [-0.25, -0.2) is 9.78 Å². The number of ether oxygens (including phenoxy) is 3. The molecule has 10 heteroatoms. The molecule has 1 saturated heterocycles. The maximum absolute atomic E-state index is 13.3. The van der Waals surface area contributed by atoms with E-state index in [1.54, 1.807) is 18.8 Å². The Balaban J connectivity index is 1.59. The molecule has 4 rings (SSSR count). The molecule has 0 unspecified atom stereocenters. The van der Waals surface area contributed by atoms with Gasteiger partial charge in [0.15, 0.2) is 0 Å². The number of urea groups is 1. The standard InChI is InChI=1S/C29H37N5O5/c1-29(2,3)32-28(36)33(17-24-7-6-16-39-24)19-26(35)31-27-30-25(20-8-12-22(37-4)13-9-20)18-34(27)21-10-14-23(38-5)15-11-21/h8-15,18,24H,6-7,16-17,19H2,1-5H3,(H,32,36)(H,30,31,35)/t24-/m0/s1. The second-order valence-corrected chi connectivity index (χ2v) is 10.5. The van der Waals surface area contributed by atoms with Crippen LogP contribution in [-0.2, 0) is 9.53 Å². The summed E-state index contributed by atoms with van der Waals surface area (Å²) in [5, 5.41) is 5.87. The lowest BCUT2D eigenvalue weighted by Crippen LogP contribution is -2.52. The van der Waals surface area contributed by atoms with Crippen LogP contribution in [-0.4, -0.2) is 71.9 Å². The van der Waals surface area contributed by atoms with E-state index in [0.29, 0.717) is 24.8 Å². The third-order valence-corrected chi connectivity index (χ3v) is 6.25. The molecule has 1 aliphatic rings. The van der Waals surface area contributed by atoms with Gasteiger partial charge in [-0.15, -0.1) is 0 Å².